The number of halogens is 1. The number of amides is 2. The quantitative estimate of drug-likeness (QED) is 0.818. The van der Waals surface area contributed by atoms with Gasteiger partial charge in [0.15, 0.2) is 5.78 Å². The summed E-state index contributed by atoms with van der Waals surface area (Å²) >= 11 is 0. The Morgan fingerprint density at radius 2 is 1.56 bits per heavy atom. The predicted octanol–water partition coefficient (Wildman–Crippen LogP) is 3.41. The Kier molecular flexibility index (Phi) is 6.00. The summed E-state index contributed by atoms with van der Waals surface area (Å²) in [5, 5.41) is 2.71. The lowest BCUT2D eigenvalue weighted by Crippen LogP contribution is -2.31. The van der Waals surface area contributed by atoms with Crippen molar-refractivity contribution in [3.05, 3.63) is 59.9 Å². The maximum absolute atomic E-state index is 13.0. The molecular formula is C19H19FN2O3. The van der Waals surface area contributed by atoms with Gasteiger partial charge in [-0.2, -0.15) is 0 Å². The fourth-order valence-electron chi connectivity index (χ4n) is 2.31. The van der Waals surface area contributed by atoms with Crippen molar-refractivity contribution >= 4 is 29.0 Å². The largest absolute Gasteiger partial charge is 0.326 e. The van der Waals surface area contributed by atoms with Crippen LogP contribution in [0.1, 0.15) is 30.6 Å². The van der Waals surface area contributed by atoms with E-state index in [1.54, 1.807) is 24.3 Å². The minimum atomic E-state index is -0.390. The highest BCUT2D eigenvalue weighted by Gasteiger charge is 2.13. The van der Waals surface area contributed by atoms with Gasteiger partial charge in [-0.1, -0.05) is 0 Å². The molecule has 0 radical (unpaired) electrons. The molecule has 0 unspecified atom stereocenters. The third-order valence-electron chi connectivity index (χ3n) is 3.66. The molecule has 6 heteroatoms. The highest BCUT2D eigenvalue weighted by atomic mass is 19.1. The van der Waals surface area contributed by atoms with Crippen LogP contribution in [0, 0.1) is 5.82 Å². The standard InChI is InChI=1S/C19H19FN2O3/c1-13(23)15-3-7-17(8-4-15)21-19(25)11-12-22(14(2)24)18-9-5-16(20)6-10-18/h3-10H,11-12H2,1-2H3,(H,21,25). The van der Waals surface area contributed by atoms with Crippen molar-refractivity contribution in [2.45, 2.75) is 20.3 Å². The number of carbonyl (C=O) groups is 3. The number of hydrogen-bond acceptors (Lipinski definition) is 3. The van der Waals surface area contributed by atoms with Gasteiger partial charge in [0.05, 0.1) is 0 Å². The van der Waals surface area contributed by atoms with Gasteiger partial charge in [0, 0.05) is 36.8 Å². The number of Topliss-reactive ketones (excluding diaryl/α,β-unsaturated/α-hetero) is 1. The minimum absolute atomic E-state index is 0.0470. The molecule has 1 N–H and O–H groups in total. The number of nitrogens with zero attached hydrogens (tertiary/aromatic N) is 1. The van der Waals surface area contributed by atoms with E-state index in [1.807, 2.05) is 0 Å². The van der Waals surface area contributed by atoms with Crippen LogP contribution in [0.5, 0.6) is 0 Å². The van der Waals surface area contributed by atoms with Crippen molar-refractivity contribution < 1.29 is 18.8 Å². The van der Waals surface area contributed by atoms with Crippen molar-refractivity contribution in [1.29, 1.82) is 0 Å². The Morgan fingerprint density at radius 3 is 2.08 bits per heavy atom. The number of hydrogen-bond donors (Lipinski definition) is 1. The molecule has 5 nitrogen and oxygen atoms in total. The Balaban J connectivity index is 1.95. The molecule has 0 aromatic heterocycles. The Morgan fingerprint density at radius 1 is 0.960 bits per heavy atom. The van der Waals surface area contributed by atoms with Gasteiger partial charge >= 0.3 is 0 Å². The third-order valence-corrected chi connectivity index (χ3v) is 3.66. The zero-order valence-corrected chi connectivity index (χ0v) is 14.1. The first-order valence-corrected chi connectivity index (χ1v) is 7.81. The average molecular weight is 342 g/mol. The number of benzene rings is 2. The van der Waals surface area contributed by atoms with Crippen molar-refractivity contribution in [3.8, 4) is 0 Å². The zero-order chi connectivity index (χ0) is 18.4. The maximum Gasteiger partial charge on any atom is 0.226 e. The van der Waals surface area contributed by atoms with E-state index < -0.39 is 0 Å². The second-order valence-corrected chi connectivity index (χ2v) is 5.58. The van der Waals surface area contributed by atoms with Crippen LogP contribution >= 0.6 is 0 Å². The molecule has 0 saturated heterocycles. The Hall–Kier alpha value is -3.02. The van der Waals surface area contributed by atoms with Crippen molar-refractivity contribution in [2.24, 2.45) is 0 Å². The SMILES string of the molecule is CC(=O)c1ccc(NC(=O)CCN(C(C)=O)c2ccc(F)cc2)cc1. The van der Waals surface area contributed by atoms with E-state index in [0.29, 0.717) is 16.9 Å². The lowest BCUT2D eigenvalue weighted by molar-refractivity contribution is -0.117. The molecule has 0 aliphatic carbocycles. The van der Waals surface area contributed by atoms with Gasteiger partial charge in [0.25, 0.3) is 0 Å². The van der Waals surface area contributed by atoms with Gasteiger partial charge < -0.3 is 10.2 Å². The second-order valence-electron chi connectivity index (χ2n) is 5.58. The highest BCUT2D eigenvalue weighted by Crippen LogP contribution is 2.16. The molecule has 0 saturated carbocycles. The first-order chi connectivity index (χ1) is 11.9. The van der Waals surface area contributed by atoms with Gasteiger partial charge in [0.1, 0.15) is 5.82 Å². The van der Waals surface area contributed by atoms with Crippen LogP contribution in [-0.4, -0.2) is 24.1 Å². The molecule has 0 bridgehead atoms. The monoisotopic (exact) mass is 342 g/mol. The molecule has 25 heavy (non-hydrogen) atoms. The maximum atomic E-state index is 13.0. The average Bonchev–Trinajstić information content (AvgIpc) is 2.57. The molecule has 2 rings (SSSR count). The number of nitrogens with one attached hydrogen (secondary N) is 1. The van der Waals surface area contributed by atoms with Gasteiger partial charge in [0.2, 0.25) is 11.8 Å². The summed E-state index contributed by atoms with van der Waals surface area (Å²) in [5.74, 6) is -0.928. The lowest BCUT2D eigenvalue weighted by atomic mass is 10.1. The fourth-order valence-corrected chi connectivity index (χ4v) is 2.31. The van der Waals surface area contributed by atoms with Crippen LogP contribution in [0.3, 0.4) is 0 Å². The van der Waals surface area contributed by atoms with E-state index in [2.05, 4.69) is 5.32 Å². The normalized spacial score (nSPS) is 10.2. The van der Waals surface area contributed by atoms with E-state index in [4.69, 9.17) is 0 Å². The van der Waals surface area contributed by atoms with Crippen LogP contribution < -0.4 is 10.2 Å². The summed E-state index contributed by atoms with van der Waals surface area (Å²) in [5.41, 5.74) is 1.68. The van der Waals surface area contributed by atoms with Crippen LogP contribution in [-0.2, 0) is 9.59 Å². The van der Waals surface area contributed by atoms with E-state index in [0.717, 1.165) is 0 Å². The molecule has 0 aliphatic rings. The molecule has 2 aromatic rings. The van der Waals surface area contributed by atoms with Crippen molar-refractivity contribution in [3.63, 3.8) is 0 Å². The summed E-state index contributed by atoms with van der Waals surface area (Å²) in [4.78, 5) is 36.5. The van der Waals surface area contributed by atoms with Crippen LogP contribution in [0.4, 0.5) is 15.8 Å². The van der Waals surface area contributed by atoms with Gasteiger partial charge in [-0.15, -0.1) is 0 Å². The smallest absolute Gasteiger partial charge is 0.226 e. The Labute approximate surface area is 145 Å². The van der Waals surface area contributed by atoms with E-state index in [9.17, 15) is 18.8 Å². The van der Waals surface area contributed by atoms with Gasteiger partial charge in [-0.25, -0.2) is 4.39 Å². The summed E-state index contributed by atoms with van der Waals surface area (Å²) in [6.45, 7) is 3.04. The van der Waals surface area contributed by atoms with E-state index >= 15 is 0 Å². The number of rotatable bonds is 6. The van der Waals surface area contributed by atoms with Crippen LogP contribution in [0.15, 0.2) is 48.5 Å². The first-order valence-electron chi connectivity index (χ1n) is 7.81. The summed E-state index contributed by atoms with van der Waals surface area (Å²) < 4.78 is 13.0. The topological polar surface area (TPSA) is 66.5 Å². The van der Waals surface area contributed by atoms with E-state index in [1.165, 1.54) is 43.0 Å². The van der Waals surface area contributed by atoms with Crippen molar-refractivity contribution in [2.75, 3.05) is 16.8 Å². The number of ketones is 1. The Bertz CT molecular complexity index is 770. The number of anilines is 2. The third kappa shape index (κ3) is 5.24. The molecule has 2 amide bonds. The first kappa shape index (κ1) is 18.3. The summed E-state index contributed by atoms with van der Waals surface area (Å²) in [6.07, 6.45) is 0.0887. The highest BCUT2D eigenvalue weighted by molar-refractivity contribution is 5.96. The van der Waals surface area contributed by atoms with Crippen LogP contribution in [0.25, 0.3) is 0 Å². The summed E-state index contributed by atoms with van der Waals surface area (Å²) in [6, 6.07) is 12.1. The minimum Gasteiger partial charge on any atom is -0.326 e. The second kappa shape index (κ2) is 8.19. The summed E-state index contributed by atoms with van der Waals surface area (Å²) in [7, 11) is 0. The molecule has 0 atom stereocenters. The van der Waals surface area contributed by atoms with Crippen LogP contribution in [0.2, 0.25) is 0 Å². The number of carbonyl (C=O) groups excluding carboxylic acids is 3. The van der Waals surface area contributed by atoms with Gasteiger partial charge in [-0.05, 0) is 55.5 Å². The molecule has 0 heterocycles. The van der Waals surface area contributed by atoms with E-state index in [-0.39, 0.29) is 36.4 Å². The predicted molar refractivity (Wildman–Crippen MR) is 94.1 cm³/mol. The molecule has 130 valence electrons. The molecule has 0 fully saturated rings. The molecule has 2 aromatic carbocycles. The zero-order valence-electron chi connectivity index (χ0n) is 14.1. The van der Waals surface area contributed by atoms with Gasteiger partial charge in [-0.3, -0.25) is 14.4 Å². The fraction of sp³-hybridized carbons (Fsp3) is 0.211. The molecular weight excluding hydrogens is 323 g/mol. The lowest BCUT2D eigenvalue weighted by Gasteiger charge is -2.21. The van der Waals surface area contributed by atoms with Crippen molar-refractivity contribution in [1.82, 2.24) is 0 Å². The molecule has 0 aliphatic heterocycles. The molecule has 0 spiro atoms.